The second kappa shape index (κ2) is 13.2. The summed E-state index contributed by atoms with van der Waals surface area (Å²) in [6.45, 7) is 2.49. The Bertz CT molecular complexity index is 1720. The number of benzene rings is 4. The molecule has 0 bridgehead atoms. The molecule has 1 spiro atoms. The van der Waals surface area contributed by atoms with E-state index >= 15 is 0 Å². The zero-order valence-electron chi connectivity index (χ0n) is 25.7. The highest BCUT2D eigenvalue weighted by Crippen LogP contribution is 2.54. The van der Waals surface area contributed by atoms with Crippen molar-refractivity contribution in [3.63, 3.8) is 0 Å². The van der Waals surface area contributed by atoms with E-state index in [1.165, 1.54) is 20.3 Å². The second-order valence-corrected chi connectivity index (χ2v) is 11.6. The van der Waals surface area contributed by atoms with Crippen molar-refractivity contribution in [3.05, 3.63) is 124 Å². The van der Waals surface area contributed by atoms with Gasteiger partial charge in [-0.15, -0.1) is 0 Å². The van der Waals surface area contributed by atoms with Crippen LogP contribution in [0.5, 0.6) is 28.7 Å². The number of methoxy groups -OCH3 is 2. The van der Waals surface area contributed by atoms with Crippen LogP contribution in [0.15, 0.2) is 96.8 Å². The summed E-state index contributed by atoms with van der Waals surface area (Å²) in [4.78, 5) is 27.0. The van der Waals surface area contributed by atoms with E-state index < -0.39 is 17.3 Å². The minimum atomic E-state index is -1.62. The van der Waals surface area contributed by atoms with Crippen molar-refractivity contribution in [2.45, 2.75) is 38.8 Å². The van der Waals surface area contributed by atoms with Gasteiger partial charge in [0, 0.05) is 30.5 Å². The average Bonchev–Trinajstić information content (AvgIpc) is 3.39. The number of halogens is 1. The third-order valence-corrected chi connectivity index (χ3v) is 8.47. The maximum absolute atomic E-state index is 14.2. The molecule has 46 heavy (non-hydrogen) atoms. The lowest BCUT2D eigenvalue weighted by Gasteiger charge is -2.37. The first-order valence-corrected chi connectivity index (χ1v) is 15.2. The summed E-state index contributed by atoms with van der Waals surface area (Å²) in [6.07, 6.45) is 1.42. The molecular formula is C37H33ClO8. The van der Waals surface area contributed by atoms with Gasteiger partial charge in [-0.2, -0.15) is 0 Å². The van der Waals surface area contributed by atoms with Crippen LogP contribution in [0, 0.1) is 5.92 Å². The number of ketones is 2. The van der Waals surface area contributed by atoms with Crippen LogP contribution in [-0.2, 0) is 29.4 Å². The van der Waals surface area contributed by atoms with Crippen molar-refractivity contribution in [2.75, 3.05) is 14.2 Å². The Hall–Kier alpha value is -4.95. The summed E-state index contributed by atoms with van der Waals surface area (Å²) >= 11 is 6.62. The average molecular weight is 641 g/mol. The number of carbonyl (C=O) groups is 2. The molecule has 236 valence electrons. The van der Waals surface area contributed by atoms with Gasteiger partial charge in [0.25, 0.3) is 0 Å². The molecule has 1 heterocycles. The minimum absolute atomic E-state index is 0.00100. The van der Waals surface area contributed by atoms with Gasteiger partial charge in [0.1, 0.15) is 53.4 Å². The lowest BCUT2D eigenvalue weighted by molar-refractivity contribution is -0.118. The molecule has 0 unspecified atom stereocenters. The molecular weight excluding hydrogens is 608 g/mol. The third-order valence-electron chi connectivity index (χ3n) is 8.11. The van der Waals surface area contributed by atoms with E-state index in [1.54, 1.807) is 13.0 Å². The van der Waals surface area contributed by atoms with Gasteiger partial charge in [-0.05, 0) is 28.8 Å². The van der Waals surface area contributed by atoms with E-state index in [-0.39, 0.29) is 46.7 Å². The van der Waals surface area contributed by atoms with E-state index in [9.17, 15) is 9.59 Å². The van der Waals surface area contributed by atoms with E-state index in [4.69, 9.17) is 40.0 Å². The number of Topliss-reactive ketones (excluding diaryl/α,β-unsaturated/α-hetero) is 1. The molecule has 6 rings (SSSR count). The van der Waals surface area contributed by atoms with Crippen molar-refractivity contribution in [1.82, 2.24) is 0 Å². The molecule has 1 aliphatic carbocycles. The highest BCUT2D eigenvalue weighted by molar-refractivity contribution is 6.35. The zero-order valence-corrected chi connectivity index (χ0v) is 26.5. The van der Waals surface area contributed by atoms with E-state index in [0.29, 0.717) is 36.0 Å². The number of allylic oxidation sites excluding steroid dienone is 1. The van der Waals surface area contributed by atoms with Gasteiger partial charge in [0.15, 0.2) is 17.3 Å². The fourth-order valence-corrected chi connectivity index (χ4v) is 6.03. The van der Waals surface area contributed by atoms with Gasteiger partial charge < -0.3 is 28.4 Å². The van der Waals surface area contributed by atoms with Crippen LogP contribution in [0.2, 0.25) is 5.02 Å². The summed E-state index contributed by atoms with van der Waals surface area (Å²) in [5, 5.41) is 0.135. The number of hydrogen-bond acceptors (Lipinski definition) is 8. The molecule has 0 amide bonds. The van der Waals surface area contributed by atoms with Crippen LogP contribution in [0.3, 0.4) is 0 Å². The molecule has 9 heteroatoms. The SMILES string of the molecule is COc1cc(OC)c2c(c1Cl)O[C@]1(C2=O)C(OCc2cc(OCc3ccccc3)cc(OCc3ccccc3)c2)=CC(=O)C[C@H]1C. The maximum Gasteiger partial charge on any atom is 0.231 e. The number of fused-ring (bicyclic) bond motifs is 1. The smallest absolute Gasteiger partial charge is 0.231 e. The highest BCUT2D eigenvalue weighted by Gasteiger charge is 2.60. The first-order chi connectivity index (χ1) is 22.3. The summed E-state index contributed by atoms with van der Waals surface area (Å²) in [6, 6.07) is 26.7. The topological polar surface area (TPSA) is 89.5 Å². The van der Waals surface area contributed by atoms with Crippen molar-refractivity contribution >= 4 is 23.2 Å². The van der Waals surface area contributed by atoms with Gasteiger partial charge in [0.05, 0.1) is 14.2 Å². The zero-order chi connectivity index (χ0) is 32.3. The lowest BCUT2D eigenvalue weighted by atomic mass is 9.75. The molecule has 2 atom stereocenters. The maximum atomic E-state index is 14.2. The third kappa shape index (κ3) is 6.00. The number of carbonyl (C=O) groups excluding carboxylic acids is 2. The second-order valence-electron chi connectivity index (χ2n) is 11.2. The Morgan fingerprint density at radius 1 is 0.761 bits per heavy atom. The van der Waals surface area contributed by atoms with Crippen molar-refractivity contribution in [2.24, 2.45) is 5.92 Å². The quantitative estimate of drug-likeness (QED) is 0.166. The van der Waals surface area contributed by atoms with Crippen LogP contribution >= 0.6 is 11.6 Å². The van der Waals surface area contributed by atoms with Crippen LogP contribution in [0.1, 0.15) is 40.4 Å². The number of ether oxygens (including phenoxy) is 6. The molecule has 0 saturated heterocycles. The van der Waals surface area contributed by atoms with Crippen LogP contribution in [-0.4, -0.2) is 31.4 Å². The minimum Gasteiger partial charge on any atom is -0.496 e. The molecule has 0 fully saturated rings. The molecule has 4 aromatic carbocycles. The standard InChI is InChI=1S/C37H33ClO8/c1-23-14-27(39)17-32(37(23)36(40)33-30(41-2)19-31(42-3)34(38)35(33)46-37)45-22-26-15-28(43-20-24-10-6-4-7-11-24)18-29(16-26)44-21-25-12-8-5-9-13-25/h4-13,15-19,23H,14,20-22H2,1-3H3/t23-,37+/m1/s1. The van der Waals surface area contributed by atoms with E-state index in [0.717, 1.165) is 11.1 Å². The van der Waals surface area contributed by atoms with Crippen LogP contribution in [0.4, 0.5) is 0 Å². The Balaban J connectivity index is 1.30. The summed E-state index contributed by atoms with van der Waals surface area (Å²) in [5.74, 6) is 0.793. The van der Waals surface area contributed by atoms with Crippen LogP contribution in [0.25, 0.3) is 0 Å². The molecule has 1 aliphatic heterocycles. The fraction of sp³-hybridized carbons (Fsp3) is 0.243. The molecule has 0 saturated carbocycles. The Kier molecular flexibility index (Phi) is 8.90. The van der Waals surface area contributed by atoms with Gasteiger partial charge in [-0.1, -0.05) is 79.2 Å². The number of hydrogen-bond donors (Lipinski definition) is 0. The summed E-state index contributed by atoms with van der Waals surface area (Å²) < 4.78 is 35.9. The molecule has 0 radical (unpaired) electrons. The molecule has 0 N–H and O–H groups in total. The number of rotatable bonds is 11. The molecule has 2 aliphatic rings. The van der Waals surface area contributed by atoms with Crippen LogP contribution < -0.4 is 23.7 Å². The predicted molar refractivity (Wildman–Crippen MR) is 172 cm³/mol. The van der Waals surface area contributed by atoms with Gasteiger partial charge >= 0.3 is 0 Å². The van der Waals surface area contributed by atoms with Gasteiger partial charge in [0.2, 0.25) is 11.4 Å². The van der Waals surface area contributed by atoms with Gasteiger partial charge in [-0.3, -0.25) is 9.59 Å². The predicted octanol–water partition coefficient (Wildman–Crippen LogP) is 7.54. The normalized spacial score (nSPS) is 18.4. The molecule has 4 aromatic rings. The monoisotopic (exact) mass is 640 g/mol. The summed E-state index contributed by atoms with van der Waals surface area (Å²) in [5.41, 5.74) is 1.29. The van der Waals surface area contributed by atoms with Gasteiger partial charge in [-0.25, -0.2) is 0 Å². The highest BCUT2D eigenvalue weighted by atomic mass is 35.5. The Morgan fingerprint density at radius 3 is 1.89 bits per heavy atom. The summed E-state index contributed by atoms with van der Waals surface area (Å²) in [7, 11) is 2.91. The molecule has 0 aromatic heterocycles. The molecule has 8 nitrogen and oxygen atoms in total. The largest absolute Gasteiger partial charge is 0.496 e. The Morgan fingerprint density at radius 2 is 1.33 bits per heavy atom. The fourth-order valence-electron chi connectivity index (χ4n) is 5.76. The lowest BCUT2D eigenvalue weighted by Crippen LogP contribution is -2.51. The first-order valence-electron chi connectivity index (χ1n) is 14.9. The Labute approximate surface area is 272 Å². The van der Waals surface area contributed by atoms with E-state index in [1.807, 2.05) is 78.9 Å². The van der Waals surface area contributed by atoms with Crippen molar-refractivity contribution < 1.29 is 38.0 Å². The van der Waals surface area contributed by atoms with Crippen molar-refractivity contribution in [1.29, 1.82) is 0 Å². The van der Waals surface area contributed by atoms with Crippen molar-refractivity contribution in [3.8, 4) is 28.7 Å². The first kappa shape index (κ1) is 31.0. The van der Waals surface area contributed by atoms with E-state index in [2.05, 4.69) is 0 Å².